The molecule has 0 heteroatoms. The van der Waals surface area contributed by atoms with E-state index < -0.39 is 0 Å². The van der Waals surface area contributed by atoms with Crippen molar-refractivity contribution in [3.8, 4) is 0 Å². The van der Waals surface area contributed by atoms with Gasteiger partial charge in [0.15, 0.2) is 0 Å². The molecule has 0 aromatic heterocycles. The molecule has 98 valence electrons. The van der Waals surface area contributed by atoms with Gasteiger partial charge in [0.1, 0.15) is 0 Å². The number of allylic oxidation sites excluding steroid dienone is 2. The molecule has 0 amide bonds. The second-order valence-corrected chi connectivity index (χ2v) is 3.88. The zero-order valence-electron chi connectivity index (χ0n) is 11.1. The van der Waals surface area contributed by atoms with Crippen LogP contribution in [0.25, 0.3) is 0 Å². The minimum atomic E-state index is 0. The van der Waals surface area contributed by atoms with E-state index in [0.29, 0.717) is 0 Å². The first-order valence-corrected chi connectivity index (χ1v) is 5.55. The van der Waals surface area contributed by atoms with Crippen molar-refractivity contribution >= 4 is 0 Å². The third kappa shape index (κ3) is 135. The average molecular weight is 218 g/mol. The minimum Gasteiger partial charge on any atom is -0.0890 e. The molecule has 0 spiro atoms. The lowest BCUT2D eigenvalue weighted by atomic mass is 10.2. The summed E-state index contributed by atoms with van der Waals surface area (Å²) < 4.78 is 0. The van der Waals surface area contributed by atoms with Gasteiger partial charge >= 0.3 is 0 Å². The molecule has 0 aliphatic rings. The van der Waals surface area contributed by atoms with Crippen LogP contribution in [0, 0.1) is 5.92 Å². The third-order valence-corrected chi connectivity index (χ3v) is 1.39. The summed E-state index contributed by atoms with van der Waals surface area (Å²) in [6.45, 7) is 17.1. The van der Waals surface area contributed by atoms with Crippen LogP contribution in [0.2, 0.25) is 0 Å². The Labute approximate surface area is 101 Å². The van der Waals surface area contributed by atoms with Crippen molar-refractivity contribution in [3.63, 3.8) is 0 Å². The SMILES string of the molecule is C.C.CC=C(C)C.CCC.CCC(C)C. The lowest BCUT2D eigenvalue weighted by Gasteiger charge is -1.90. The van der Waals surface area contributed by atoms with Crippen molar-refractivity contribution in [1.82, 2.24) is 0 Å². The maximum Gasteiger partial charge on any atom is -0.0442 e. The molecule has 0 unspecified atom stereocenters. The molecule has 0 N–H and O–H groups in total. The summed E-state index contributed by atoms with van der Waals surface area (Å²) in [7, 11) is 0. The molecule has 0 saturated carbocycles. The molecule has 0 aromatic carbocycles. The highest BCUT2D eigenvalue weighted by Gasteiger charge is 1.80. The lowest BCUT2D eigenvalue weighted by Crippen LogP contribution is -1.77. The van der Waals surface area contributed by atoms with E-state index in [-0.39, 0.29) is 14.9 Å². The molecular weight excluding hydrogens is 180 g/mol. The van der Waals surface area contributed by atoms with E-state index in [4.69, 9.17) is 0 Å². The first-order valence-electron chi connectivity index (χ1n) is 5.55. The summed E-state index contributed by atoms with van der Waals surface area (Å²) in [5.41, 5.74) is 1.38. The van der Waals surface area contributed by atoms with Gasteiger partial charge in [-0.2, -0.15) is 0 Å². The van der Waals surface area contributed by atoms with Crippen LogP contribution < -0.4 is 0 Å². The first kappa shape index (κ1) is 29.3. The Morgan fingerprint density at radius 1 is 1.00 bits per heavy atom. The van der Waals surface area contributed by atoms with Gasteiger partial charge in [-0.3, -0.25) is 0 Å². The Morgan fingerprint density at radius 3 is 1.13 bits per heavy atom. The van der Waals surface area contributed by atoms with Crippen molar-refractivity contribution in [2.24, 2.45) is 5.92 Å². The molecule has 0 rings (SSSR count). The van der Waals surface area contributed by atoms with E-state index in [0.717, 1.165) is 5.92 Å². The first-order chi connectivity index (χ1) is 5.95. The van der Waals surface area contributed by atoms with Crippen LogP contribution in [0.3, 0.4) is 0 Å². The zero-order chi connectivity index (χ0) is 11.3. The van der Waals surface area contributed by atoms with Crippen LogP contribution in [-0.2, 0) is 0 Å². The Balaban J connectivity index is -0.0000000322. The van der Waals surface area contributed by atoms with Crippen LogP contribution >= 0.6 is 0 Å². The Hall–Kier alpha value is -0.260. The van der Waals surface area contributed by atoms with Crippen molar-refractivity contribution in [2.45, 2.75) is 83.1 Å². The predicted octanol–water partition coefficient (Wildman–Crippen LogP) is 6.71. The van der Waals surface area contributed by atoms with E-state index in [1.807, 2.05) is 6.92 Å². The van der Waals surface area contributed by atoms with Crippen molar-refractivity contribution in [3.05, 3.63) is 11.6 Å². The van der Waals surface area contributed by atoms with Crippen LogP contribution in [0.15, 0.2) is 11.6 Å². The summed E-state index contributed by atoms with van der Waals surface area (Å²) in [5, 5.41) is 0. The van der Waals surface area contributed by atoms with E-state index in [9.17, 15) is 0 Å². The van der Waals surface area contributed by atoms with E-state index in [1.54, 1.807) is 0 Å². The Bertz CT molecular complexity index is 84.2. The van der Waals surface area contributed by atoms with Gasteiger partial charge in [0, 0.05) is 0 Å². The molecule has 0 radical (unpaired) electrons. The van der Waals surface area contributed by atoms with Gasteiger partial charge in [0.25, 0.3) is 0 Å². The molecule has 0 fully saturated rings. The van der Waals surface area contributed by atoms with Gasteiger partial charge in [-0.1, -0.05) is 74.0 Å². The summed E-state index contributed by atoms with van der Waals surface area (Å²) in [6.07, 6.45) is 4.64. The maximum atomic E-state index is 2.22. The fourth-order valence-corrected chi connectivity index (χ4v) is 0. The van der Waals surface area contributed by atoms with Gasteiger partial charge in [0.2, 0.25) is 0 Å². The van der Waals surface area contributed by atoms with Gasteiger partial charge in [0.05, 0.1) is 0 Å². The Morgan fingerprint density at radius 2 is 1.13 bits per heavy atom. The molecule has 0 aromatic rings. The molecular formula is C15H38. The van der Waals surface area contributed by atoms with Crippen LogP contribution in [0.1, 0.15) is 83.1 Å². The zero-order valence-corrected chi connectivity index (χ0v) is 11.1. The fraction of sp³-hybridized carbons (Fsp3) is 0.867. The Kier molecular flexibility index (Phi) is 57.1. The van der Waals surface area contributed by atoms with Crippen molar-refractivity contribution in [2.75, 3.05) is 0 Å². The van der Waals surface area contributed by atoms with Crippen LogP contribution in [0.4, 0.5) is 0 Å². The normalized spacial score (nSPS) is 6.73. The minimum absolute atomic E-state index is 0. The lowest BCUT2D eigenvalue weighted by molar-refractivity contribution is 0.626. The predicted molar refractivity (Wildman–Crippen MR) is 79.7 cm³/mol. The summed E-state index contributed by atoms with van der Waals surface area (Å²) >= 11 is 0. The fourth-order valence-electron chi connectivity index (χ4n) is 0. The second-order valence-electron chi connectivity index (χ2n) is 3.88. The molecule has 0 nitrogen and oxygen atoms in total. The highest BCUT2D eigenvalue weighted by molar-refractivity contribution is 4.88. The summed E-state index contributed by atoms with van der Waals surface area (Å²) in [6, 6.07) is 0. The topological polar surface area (TPSA) is 0 Å². The monoisotopic (exact) mass is 218 g/mol. The van der Waals surface area contributed by atoms with Crippen LogP contribution in [0.5, 0.6) is 0 Å². The molecule has 0 atom stereocenters. The average Bonchev–Trinajstić information content (AvgIpc) is 2.07. The molecule has 0 bridgehead atoms. The third-order valence-electron chi connectivity index (χ3n) is 1.39. The summed E-state index contributed by atoms with van der Waals surface area (Å²) in [5.74, 6) is 0.884. The van der Waals surface area contributed by atoms with Gasteiger partial charge in [-0.15, -0.1) is 0 Å². The van der Waals surface area contributed by atoms with Gasteiger partial charge in [-0.05, 0) is 26.7 Å². The quantitative estimate of drug-likeness (QED) is 0.429. The molecule has 0 aliphatic heterocycles. The number of hydrogen-bond donors (Lipinski definition) is 0. The highest BCUT2D eigenvalue weighted by Crippen LogP contribution is 1.93. The smallest absolute Gasteiger partial charge is 0.0442 e. The van der Waals surface area contributed by atoms with Crippen LogP contribution in [-0.4, -0.2) is 0 Å². The molecule has 0 saturated heterocycles. The number of rotatable bonds is 1. The largest absolute Gasteiger partial charge is 0.0890 e. The van der Waals surface area contributed by atoms with Crippen molar-refractivity contribution in [1.29, 1.82) is 0 Å². The standard InChI is InChI=1S/C5H12.C5H10.C3H8.2CH4/c2*1-4-5(2)3;1-3-2;;/h5H,4H2,1-3H3;4H,1-3H3;3H2,1-2H3;2*1H4. The maximum absolute atomic E-state index is 2.22. The second kappa shape index (κ2) is 29.2. The van der Waals surface area contributed by atoms with Crippen molar-refractivity contribution < 1.29 is 0 Å². The van der Waals surface area contributed by atoms with Gasteiger partial charge in [-0.25, -0.2) is 0 Å². The van der Waals surface area contributed by atoms with Gasteiger partial charge < -0.3 is 0 Å². The van der Waals surface area contributed by atoms with E-state index in [1.165, 1.54) is 18.4 Å². The molecule has 0 heterocycles. The molecule has 15 heavy (non-hydrogen) atoms. The highest BCUT2D eigenvalue weighted by atomic mass is 13.9. The van der Waals surface area contributed by atoms with E-state index in [2.05, 4.69) is 54.5 Å². The summed E-state index contributed by atoms with van der Waals surface area (Å²) in [4.78, 5) is 0. The molecule has 0 aliphatic carbocycles. The van der Waals surface area contributed by atoms with E-state index >= 15 is 0 Å². The number of hydrogen-bond acceptors (Lipinski definition) is 0.